The minimum Gasteiger partial charge on any atom is -0.493 e. The molecule has 162 valence electrons. The van der Waals surface area contributed by atoms with Crippen LogP contribution in [0.5, 0.6) is 11.5 Å². The van der Waals surface area contributed by atoms with E-state index in [1.807, 2.05) is 32.0 Å². The number of methoxy groups -OCH3 is 1. The van der Waals surface area contributed by atoms with Crippen LogP contribution in [0.15, 0.2) is 29.5 Å². The summed E-state index contributed by atoms with van der Waals surface area (Å²) in [6.45, 7) is 7.23. The molecule has 0 saturated heterocycles. The average molecular weight is 414 g/mol. The van der Waals surface area contributed by atoms with Gasteiger partial charge in [0.2, 0.25) is 0 Å². The van der Waals surface area contributed by atoms with Crippen molar-refractivity contribution in [3.05, 3.63) is 35.1 Å². The fourth-order valence-electron chi connectivity index (χ4n) is 5.07. The molecule has 1 saturated carbocycles. The number of fused-ring (bicyclic) bond motifs is 1. The van der Waals surface area contributed by atoms with Crippen LogP contribution in [0.25, 0.3) is 0 Å². The summed E-state index contributed by atoms with van der Waals surface area (Å²) < 4.78 is 17.4. The Morgan fingerprint density at radius 2 is 1.97 bits per heavy atom. The number of hydrogen-bond acceptors (Lipinski definition) is 5. The van der Waals surface area contributed by atoms with Crippen molar-refractivity contribution < 1.29 is 23.8 Å². The van der Waals surface area contributed by atoms with Crippen LogP contribution in [0.2, 0.25) is 0 Å². The van der Waals surface area contributed by atoms with E-state index in [1.54, 1.807) is 12.0 Å². The van der Waals surface area contributed by atoms with Crippen LogP contribution in [-0.2, 0) is 14.3 Å². The Kier molecular flexibility index (Phi) is 5.76. The van der Waals surface area contributed by atoms with Gasteiger partial charge in [-0.25, -0.2) is 0 Å². The van der Waals surface area contributed by atoms with Crippen LogP contribution in [0.4, 0.5) is 0 Å². The lowest BCUT2D eigenvalue weighted by Crippen LogP contribution is -2.41. The Bertz CT molecular complexity index is 876. The van der Waals surface area contributed by atoms with Gasteiger partial charge in [0.1, 0.15) is 6.10 Å². The SMILES string of the molecule is CCCN1C(=O)C2=C(C(=O)C3CC(C)CCC3O2)C1c1ccc(OCC)c(OC)c1. The molecule has 1 amide bonds. The molecule has 3 aliphatic rings. The van der Waals surface area contributed by atoms with Gasteiger partial charge in [-0.2, -0.15) is 0 Å². The van der Waals surface area contributed by atoms with Gasteiger partial charge in [0.05, 0.1) is 31.2 Å². The number of ketones is 1. The number of amides is 1. The highest BCUT2D eigenvalue weighted by atomic mass is 16.5. The van der Waals surface area contributed by atoms with Gasteiger partial charge in [0.25, 0.3) is 5.91 Å². The van der Waals surface area contributed by atoms with Gasteiger partial charge in [0, 0.05) is 6.54 Å². The highest BCUT2D eigenvalue weighted by molar-refractivity contribution is 6.11. The van der Waals surface area contributed by atoms with Crippen molar-refractivity contribution in [3.8, 4) is 11.5 Å². The van der Waals surface area contributed by atoms with Crippen molar-refractivity contribution in [1.82, 2.24) is 4.90 Å². The number of ether oxygens (including phenoxy) is 3. The maximum absolute atomic E-state index is 13.6. The third-order valence-corrected chi connectivity index (χ3v) is 6.47. The molecule has 0 bridgehead atoms. The van der Waals surface area contributed by atoms with E-state index in [0.29, 0.717) is 36.1 Å². The van der Waals surface area contributed by atoms with Crippen LogP contribution < -0.4 is 9.47 Å². The van der Waals surface area contributed by atoms with Crippen molar-refractivity contribution in [2.24, 2.45) is 11.8 Å². The first-order valence-electron chi connectivity index (χ1n) is 11.1. The predicted octanol–water partition coefficient (Wildman–Crippen LogP) is 4.05. The van der Waals surface area contributed by atoms with Crippen molar-refractivity contribution in [1.29, 1.82) is 0 Å². The lowest BCUT2D eigenvalue weighted by molar-refractivity contribution is -0.136. The van der Waals surface area contributed by atoms with Crippen molar-refractivity contribution in [3.63, 3.8) is 0 Å². The summed E-state index contributed by atoms with van der Waals surface area (Å²) in [6, 6.07) is 5.21. The van der Waals surface area contributed by atoms with Crippen LogP contribution in [0.1, 0.15) is 58.1 Å². The molecular formula is C24H31NO5. The molecule has 6 heteroatoms. The van der Waals surface area contributed by atoms with Crippen LogP contribution >= 0.6 is 0 Å². The standard InChI is InChI=1S/C24H31NO5/c1-5-11-25-21(15-8-10-18(29-6-2)19(13-15)28-4)20-22(26)16-12-14(3)7-9-17(16)30-23(20)24(25)27/h8,10,13-14,16-17,21H,5-7,9,11-12H2,1-4H3. The number of nitrogens with zero attached hydrogens (tertiary/aromatic N) is 1. The minimum absolute atomic E-state index is 0.0811. The third kappa shape index (κ3) is 3.36. The molecule has 1 aliphatic carbocycles. The summed E-state index contributed by atoms with van der Waals surface area (Å²) in [5.74, 6) is 1.76. The van der Waals surface area contributed by atoms with Gasteiger partial charge < -0.3 is 19.1 Å². The maximum Gasteiger partial charge on any atom is 0.290 e. The first kappa shape index (κ1) is 20.8. The Morgan fingerprint density at radius 1 is 1.17 bits per heavy atom. The molecule has 0 radical (unpaired) electrons. The summed E-state index contributed by atoms with van der Waals surface area (Å²) in [7, 11) is 1.60. The Labute approximate surface area is 178 Å². The number of hydrogen-bond donors (Lipinski definition) is 0. The number of carbonyl (C=O) groups excluding carboxylic acids is 2. The molecule has 1 fully saturated rings. The van der Waals surface area contributed by atoms with E-state index in [1.165, 1.54) is 0 Å². The van der Waals surface area contributed by atoms with Gasteiger partial charge in [-0.05, 0) is 56.2 Å². The molecule has 0 N–H and O–H groups in total. The predicted molar refractivity (Wildman–Crippen MR) is 112 cm³/mol. The summed E-state index contributed by atoms with van der Waals surface area (Å²) in [5, 5.41) is 0. The molecule has 4 unspecified atom stereocenters. The van der Waals surface area contributed by atoms with Crippen molar-refractivity contribution >= 4 is 11.7 Å². The molecule has 4 rings (SSSR count). The van der Waals surface area contributed by atoms with E-state index < -0.39 is 6.04 Å². The van der Waals surface area contributed by atoms with E-state index >= 15 is 0 Å². The number of carbonyl (C=O) groups is 2. The van der Waals surface area contributed by atoms with Gasteiger partial charge in [0.15, 0.2) is 23.0 Å². The van der Waals surface area contributed by atoms with Crippen LogP contribution in [-0.4, -0.2) is 43.0 Å². The molecule has 0 aromatic heterocycles. The highest BCUT2D eigenvalue weighted by Crippen LogP contribution is 2.48. The van der Waals surface area contributed by atoms with Gasteiger partial charge in [-0.15, -0.1) is 0 Å². The monoisotopic (exact) mass is 413 g/mol. The van der Waals surface area contributed by atoms with Gasteiger partial charge in [-0.3, -0.25) is 9.59 Å². The zero-order valence-electron chi connectivity index (χ0n) is 18.3. The quantitative estimate of drug-likeness (QED) is 0.704. The van der Waals surface area contributed by atoms with Crippen LogP contribution in [0.3, 0.4) is 0 Å². The van der Waals surface area contributed by atoms with E-state index in [9.17, 15) is 9.59 Å². The lowest BCUT2D eigenvalue weighted by Gasteiger charge is -2.37. The van der Waals surface area contributed by atoms with Crippen molar-refractivity contribution in [2.75, 3.05) is 20.3 Å². The first-order valence-corrected chi connectivity index (χ1v) is 11.1. The summed E-state index contributed by atoms with van der Waals surface area (Å²) >= 11 is 0. The summed E-state index contributed by atoms with van der Waals surface area (Å²) in [5.41, 5.74) is 1.37. The smallest absolute Gasteiger partial charge is 0.290 e. The molecule has 6 nitrogen and oxygen atoms in total. The minimum atomic E-state index is -0.442. The van der Waals surface area contributed by atoms with E-state index in [0.717, 1.165) is 31.2 Å². The molecule has 2 heterocycles. The van der Waals surface area contributed by atoms with Crippen LogP contribution in [0, 0.1) is 11.8 Å². The lowest BCUT2D eigenvalue weighted by atomic mass is 9.74. The average Bonchev–Trinajstić information content (AvgIpc) is 3.02. The normalized spacial score (nSPS) is 28.2. The second kappa shape index (κ2) is 8.32. The topological polar surface area (TPSA) is 65.1 Å². The molecule has 1 aromatic carbocycles. The second-order valence-electron chi connectivity index (χ2n) is 8.53. The maximum atomic E-state index is 13.6. The molecule has 0 spiro atoms. The number of Topliss-reactive ketones (excluding diaryl/α,β-unsaturated/α-hetero) is 1. The summed E-state index contributed by atoms with van der Waals surface area (Å²) in [4.78, 5) is 28.6. The number of rotatable bonds is 6. The third-order valence-electron chi connectivity index (χ3n) is 6.47. The Balaban J connectivity index is 1.77. The zero-order valence-corrected chi connectivity index (χ0v) is 18.3. The second-order valence-corrected chi connectivity index (χ2v) is 8.53. The molecule has 1 aromatic rings. The molecule has 2 aliphatic heterocycles. The summed E-state index contributed by atoms with van der Waals surface area (Å²) in [6.07, 6.45) is 3.31. The largest absolute Gasteiger partial charge is 0.493 e. The van der Waals surface area contributed by atoms with E-state index in [2.05, 4.69) is 6.92 Å². The Hall–Kier alpha value is -2.50. The van der Waals surface area contributed by atoms with Gasteiger partial charge in [-0.1, -0.05) is 19.9 Å². The molecular weight excluding hydrogens is 382 g/mol. The zero-order chi connectivity index (χ0) is 21.4. The fraction of sp³-hybridized carbons (Fsp3) is 0.583. The number of benzene rings is 1. The fourth-order valence-corrected chi connectivity index (χ4v) is 5.07. The van der Waals surface area contributed by atoms with E-state index in [4.69, 9.17) is 14.2 Å². The first-order chi connectivity index (χ1) is 14.5. The molecule has 4 atom stereocenters. The molecule has 30 heavy (non-hydrogen) atoms. The Morgan fingerprint density at radius 3 is 2.67 bits per heavy atom. The highest BCUT2D eigenvalue weighted by Gasteiger charge is 2.52. The van der Waals surface area contributed by atoms with Crippen molar-refractivity contribution in [2.45, 2.75) is 58.6 Å². The van der Waals surface area contributed by atoms with Gasteiger partial charge >= 0.3 is 0 Å². The van der Waals surface area contributed by atoms with E-state index in [-0.39, 0.29) is 29.5 Å².